The highest BCUT2D eigenvalue weighted by atomic mass is 35.5. The zero-order valence-corrected chi connectivity index (χ0v) is 10.7. The minimum Gasteiger partial charge on any atom is -0.343 e. The highest BCUT2D eigenvalue weighted by Crippen LogP contribution is 2.14. The lowest BCUT2D eigenvalue weighted by atomic mass is 10.1. The molecule has 2 rings (SSSR count). The number of amides is 1. The normalized spacial score (nSPS) is 11.8. The number of carbonyl (C=O) groups excluding carboxylic acids is 1. The first-order valence-electron chi connectivity index (χ1n) is 5.68. The van der Waals surface area contributed by atoms with E-state index in [9.17, 15) is 9.59 Å². The van der Waals surface area contributed by atoms with Gasteiger partial charge in [-0.15, -0.1) is 11.6 Å². The number of alkyl halides is 1. The zero-order chi connectivity index (χ0) is 13.7. The molecule has 5 nitrogen and oxygen atoms in total. The molecule has 19 heavy (non-hydrogen) atoms. The topological polar surface area (TPSA) is 74.8 Å². The van der Waals surface area contributed by atoms with Gasteiger partial charge in [0.05, 0.1) is 6.04 Å². The van der Waals surface area contributed by atoms with Crippen LogP contribution in [0, 0.1) is 0 Å². The number of carbonyl (C=O) groups is 1. The standard InChI is InChI=1S/C13H12ClN3O2/c14-8-11(9-4-2-1-3-5-9)15-13(19)10-6-7-12(18)17-16-10/h1-7,11H,8H2,(H,15,19)(H,17,18). The predicted octanol–water partition coefficient (Wildman–Crippen LogP) is 1.48. The monoisotopic (exact) mass is 277 g/mol. The van der Waals surface area contributed by atoms with Gasteiger partial charge in [-0.25, -0.2) is 5.10 Å². The molecule has 0 aliphatic heterocycles. The lowest BCUT2D eigenvalue weighted by Gasteiger charge is -2.15. The molecule has 0 aliphatic rings. The fraction of sp³-hybridized carbons (Fsp3) is 0.154. The van der Waals surface area contributed by atoms with Gasteiger partial charge in [-0.2, -0.15) is 5.10 Å². The van der Waals surface area contributed by atoms with E-state index in [1.807, 2.05) is 30.3 Å². The van der Waals surface area contributed by atoms with Crippen molar-refractivity contribution in [3.8, 4) is 0 Å². The van der Waals surface area contributed by atoms with E-state index in [2.05, 4.69) is 15.5 Å². The summed E-state index contributed by atoms with van der Waals surface area (Å²) in [7, 11) is 0. The summed E-state index contributed by atoms with van der Waals surface area (Å²) in [6.45, 7) is 0. The molecule has 1 aromatic heterocycles. The summed E-state index contributed by atoms with van der Waals surface area (Å²) < 4.78 is 0. The first-order chi connectivity index (χ1) is 9.20. The molecule has 2 aromatic rings. The summed E-state index contributed by atoms with van der Waals surface area (Å²) >= 11 is 5.87. The maximum atomic E-state index is 11.9. The van der Waals surface area contributed by atoms with Gasteiger partial charge >= 0.3 is 0 Å². The van der Waals surface area contributed by atoms with Crippen LogP contribution in [0.4, 0.5) is 0 Å². The molecule has 0 fully saturated rings. The van der Waals surface area contributed by atoms with Crippen LogP contribution >= 0.6 is 11.6 Å². The van der Waals surface area contributed by atoms with Crippen molar-refractivity contribution in [1.82, 2.24) is 15.5 Å². The number of halogens is 1. The van der Waals surface area contributed by atoms with Crippen molar-refractivity contribution in [3.05, 3.63) is 64.1 Å². The average Bonchev–Trinajstić information content (AvgIpc) is 2.46. The number of benzene rings is 1. The Labute approximate surface area is 114 Å². The lowest BCUT2D eigenvalue weighted by molar-refractivity contribution is 0.0934. The molecule has 1 amide bonds. The molecule has 1 aromatic carbocycles. The SMILES string of the molecule is O=C(NC(CCl)c1ccccc1)c1ccc(=O)[nH]n1. The van der Waals surface area contributed by atoms with Crippen molar-refractivity contribution < 1.29 is 4.79 Å². The molecular formula is C13H12ClN3O2. The van der Waals surface area contributed by atoms with Crippen LogP contribution in [0.2, 0.25) is 0 Å². The maximum Gasteiger partial charge on any atom is 0.272 e. The van der Waals surface area contributed by atoms with Crippen molar-refractivity contribution in [2.75, 3.05) is 5.88 Å². The van der Waals surface area contributed by atoms with Gasteiger partial charge in [-0.3, -0.25) is 9.59 Å². The second-order valence-electron chi connectivity index (χ2n) is 3.90. The maximum absolute atomic E-state index is 11.9. The Morgan fingerprint density at radius 3 is 2.58 bits per heavy atom. The molecule has 0 bridgehead atoms. The summed E-state index contributed by atoms with van der Waals surface area (Å²) in [5.41, 5.74) is 0.703. The van der Waals surface area contributed by atoms with Gasteiger partial charge in [0.1, 0.15) is 5.69 Å². The molecular weight excluding hydrogens is 266 g/mol. The Bertz CT molecular complexity index is 592. The van der Waals surface area contributed by atoms with Gasteiger partial charge < -0.3 is 5.32 Å². The van der Waals surface area contributed by atoms with Crippen LogP contribution in [0.25, 0.3) is 0 Å². The van der Waals surface area contributed by atoms with Crippen molar-refractivity contribution >= 4 is 17.5 Å². The Hall–Kier alpha value is -2.14. The van der Waals surface area contributed by atoms with Gasteiger partial charge in [-0.05, 0) is 11.6 Å². The van der Waals surface area contributed by atoms with Crippen LogP contribution in [0.3, 0.4) is 0 Å². The van der Waals surface area contributed by atoms with E-state index in [0.717, 1.165) is 5.56 Å². The number of H-pyrrole nitrogens is 1. The predicted molar refractivity (Wildman–Crippen MR) is 72.2 cm³/mol. The van der Waals surface area contributed by atoms with Crippen LogP contribution in [0.5, 0.6) is 0 Å². The third-order valence-electron chi connectivity index (χ3n) is 2.57. The molecule has 0 saturated carbocycles. The third kappa shape index (κ3) is 3.42. The second kappa shape index (κ2) is 6.15. The number of aromatic amines is 1. The molecule has 0 saturated heterocycles. The molecule has 98 valence electrons. The Balaban J connectivity index is 2.13. The largest absolute Gasteiger partial charge is 0.343 e. The average molecular weight is 278 g/mol. The van der Waals surface area contributed by atoms with Gasteiger partial charge in [0.2, 0.25) is 0 Å². The Kier molecular flexibility index (Phi) is 4.30. The van der Waals surface area contributed by atoms with Gasteiger partial charge in [0.25, 0.3) is 11.5 Å². The highest BCUT2D eigenvalue weighted by molar-refractivity contribution is 6.18. The zero-order valence-electron chi connectivity index (χ0n) is 9.97. The van der Waals surface area contributed by atoms with E-state index in [0.29, 0.717) is 0 Å². The molecule has 0 aliphatic carbocycles. The molecule has 0 spiro atoms. The fourth-order valence-corrected chi connectivity index (χ4v) is 1.85. The van der Waals surface area contributed by atoms with E-state index in [-0.39, 0.29) is 29.1 Å². The van der Waals surface area contributed by atoms with Crippen molar-refractivity contribution in [2.45, 2.75) is 6.04 Å². The number of rotatable bonds is 4. The van der Waals surface area contributed by atoms with Crippen molar-refractivity contribution in [2.24, 2.45) is 0 Å². The lowest BCUT2D eigenvalue weighted by Crippen LogP contribution is -2.31. The van der Waals surface area contributed by atoms with E-state index >= 15 is 0 Å². The minimum absolute atomic E-state index is 0.144. The molecule has 2 N–H and O–H groups in total. The van der Waals surface area contributed by atoms with Gasteiger partial charge in [0.15, 0.2) is 0 Å². The molecule has 1 heterocycles. The molecule has 0 radical (unpaired) electrons. The summed E-state index contributed by atoms with van der Waals surface area (Å²) in [6.07, 6.45) is 0. The number of hydrogen-bond donors (Lipinski definition) is 2. The van der Waals surface area contributed by atoms with E-state index in [1.165, 1.54) is 12.1 Å². The summed E-state index contributed by atoms with van der Waals surface area (Å²) in [5.74, 6) is -0.134. The number of hydrogen-bond acceptors (Lipinski definition) is 3. The summed E-state index contributed by atoms with van der Waals surface area (Å²) in [6, 6.07) is 11.7. The smallest absolute Gasteiger partial charge is 0.272 e. The number of aromatic nitrogens is 2. The molecule has 1 unspecified atom stereocenters. The second-order valence-corrected chi connectivity index (χ2v) is 4.21. The summed E-state index contributed by atoms with van der Waals surface area (Å²) in [4.78, 5) is 22.8. The third-order valence-corrected chi connectivity index (χ3v) is 2.88. The highest BCUT2D eigenvalue weighted by Gasteiger charge is 2.15. The first kappa shape index (κ1) is 13.3. The Morgan fingerprint density at radius 1 is 1.26 bits per heavy atom. The van der Waals surface area contributed by atoms with Crippen LogP contribution in [-0.2, 0) is 0 Å². The Morgan fingerprint density at radius 2 is 2.00 bits per heavy atom. The van der Waals surface area contributed by atoms with Crippen molar-refractivity contribution in [3.63, 3.8) is 0 Å². The number of nitrogens with zero attached hydrogens (tertiary/aromatic N) is 1. The molecule has 6 heteroatoms. The van der Waals surface area contributed by atoms with E-state index in [1.54, 1.807) is 0 Å². The number of nitrogens with one attached hydrogen (secondary N) is 2. The fourth-order valence-electron chi connectivity index (χ4n) is 1.60. The summed E-state index contributed by atoms with van der Waals surface area (Å²) in [5, 5.41) is 8.64. The van der Waals surface area contributed by atoms with E-state index in [4.69, 9.17) is 11.6 Å². The molecule has 1 atom stereocenters. The van der Waals surface area contributed by atoms with E-state index < -0.39 is 0 Å². The van der Waals surface area contributed by atoms with Crippen LogP contribution in [-0.4, -0.2) is 22.0 Å². The van der Waals surface area contributed by atoms with Crippen LogP contribution < -0.4 is 10.9 Å². The first-order valence-corrected chi connectivity index (χ1v) is 6.21. The van der Waals surface area contributed by atoms with Gasteiger partial charge in [0, 0.05) is 11.9 Å². The van der Waals surface area contributed by atoms with Gasteiger partial charge in [-0.1, -0.05) is 30.3 Å². The van der Waals surface area contributed by atoms with Crippen LogP contribution in [0.1, 0.15) is 22.1 Å². The van der Waals surface area contributed by atoms with Crippen molar-refractivity contribution in [1.29, 1.82) is 0 Å². The van der Waals surface area contributed by atoms with Crippen LogP contribution in [0.15, 0.2) is 47.3 Å². The minimum atomic E-state index is -0.384. The quantitative estimate of drug-likeness (QED) is 0.831.